The van der Waals surface area contributed by atoms with Gasteiger partial charge >= 0.3 is 0 Å². The number of nitrogens with zero attached hydrogens (tertiary/aromatic N) is 1. The second kappa shape index (κ2) is 5.39. The fourth-order valence-corrected chi connectivity index (χ4v) is 3.22. The third-order valence-electron chi connectivity index (χ3n) is 4.68. The molecule has 1 fully saturated rings. The smallest absolute Gasteiger partial charge is 0.258 e. The molecular formula is C16H21FN2O2. The standard InChI is InChI=1S/C16H21FN2O2/c1-19-8-6-16(17,7-9-19)15(21)18-14-12-5-3-2-4-11(12)10-13(14)20/h2-5,13-14,20H,6-10H2,1H3,(H,18,21)/t13-,14+/m1/s1. The molecule has 1 aliphatic heterocycles. The first kappa shape index (κ1) is 14.5. The van der Waals surface area contributed by atoms with Crippen molar-refractivity contribution in [1.29, 1.82) is 0 Å². The van der Waals surface area contributed by atoms with Crippen molar-refractivity contribution in [2.75, 3.05) is 20.1 Å². The Bertz CT molecular complexity index is 541. The zero-order valence-corrected chi connectivity index (χ0v) is 12.2. The number of hydrogen-bond donors (Lipinski definition) is 2. The van der Waals surface area contributed by atoms with Gasteiger partial charge in [-0.05, 0) is 18.2 Å². The normalized spacial score (nSPS) is 28.1. The maximum Gasteiger partial charge on any atom is 0.258 e. The van der Waals surface area contributed by atoms with Gasteiger partial charge in [-0.2, -0.15) is 0 Å². The van der Waals surface area contributed by atoms with Crippen LogP contribution in [0.3, 0.4) is 0 Å². The lowest BCUT2D eigenvalue weighted by Crippen LogP contribution is -2.51. The molecule has 2 atom stereocenters. The van der Waals surface area contributed by atoms with Gasteiger partial charge in [0.25, 0.3) is 5.91 Å². The van der Waals surface area contributed by atoms with E-state index in [4.69, 9.17) is 0 Å². The van der Waals surface area contributed by atoms with Crippen LogP contribution in [0.15, 0.2) is 24.3 Å². The van der Waals surface area contributed by atoms with Gasteiger partial charge < -0.3 is 15.3 Å². The van der Waals surface area contributed by atoms with Gasteiger partial charge in [-0.1, -0.05) is 24.3 Å². The Morgan fingerprint density at radius 1 is 1.38 bits per heavy atom. The van der Waals surface area contributed by atoms with Crippen molar-refractivity contribution in [2.24, 2.45) is 0 Å². The van der Waals surface area contributed by atoms with E-state index in [9.17, 15) is 14.3 Å². The fourth-order valence-electron chi connectivity index (χ4n) is 3.22. The number of amides is 1. The summed E-state index contributed by atoms with van der Waals surface area (Å²) < 4.78 is 14.8. The molecule has 2 N–H and O–H groups in total. The van der Waals surface area contributed by atoms with E-state index in [1.165, 1.54) is 0 Å². The van der Waals surface area contributed by atoms with Gasteiger partial charge in [-0.3, -0.25) is 4.79 Å². The molecule has 1 heterocycles. The summed E-state index contributed by atoms with van der Waals surface area (Å²) in [6.45, 7) is 1.15. The summed E-state index contributed by atoms with van der Waals surface area (Å²) >= 11 is 0. The van der Waals surface area contributed by atoms with Crippen molar-refractivity contribution in [3.63, 3.8) is 0 Å². The molecule has 1 saturated heterocycles. The number of aliphatic hydroxyl groups excluding tert-OH is 1. The third kappa shape index (κ3) is 2.68. The second-order valence-corrected chi connectivity index (χ2v) is 6.19. The van der Waals surface area contributed by atoms with Gasteiger partial charge in [0.1, 0.15) is 0 Å². The predicted molar refractivity (Wildman–Crippen MR) is 77.6 cm³/mol. The van der Waals surface area contributed by atoms with Crippen molar-refractivity contribution in [3.8, 4) is 0 Å². The largest absolute Gasteiger partial charge is 0.390 e. The van der Waals surface area contributed by atoms with Gasteiger partial charge in [-0.25, -0.2) is 4.39 Å². The van der Waals surface area contributed by atoms with E-state index in [0.29, 0.717) is 19.5 Å². The molecule has 0 aromatic heterocycles. The van der Waals surface area contributed by atoms with Crippen LogP contribution >= 0.6 is 0 Å². The Balaban J connectivity index is 1.73. The molecule has 5 heteroatoms. The van der Waals surface area contributed by atoms with Crippen LogP contribution in [0, 0.1) is 0 Å². The number of alkyl halides is 1. The van der Waals surface area contributed by atoms with Crippen LogP contribution in [-0.2, 0) is 11.2 Å². The van der Waals surface area contributed by atoms with Gasteiger partial charge in [-0.15, -0.1) is 0 Å². The molecule has 114 valence electrons. The lowest BCUT2D eigenvalue weighted by Gasteiger charge is -2.34. The number of aliphatic hydroxyl groups is 1. The molecule has 21 heavy (non-hydrogen) atoms. The number of rotatable bonds is 2. The first-order chi connectivity index (χ1) is 9.99. The molecule has 4 nitrogen and oxygen atoms in total. The third-order valence-corrected chi connectivity index (χ3v) is 4.68. The molecule has 0 saturated carbocycles. The molecule has 1 aromatic rings. The summed E-state index contributed by atoms with van der Waals surface area (Å²) in [4.78, 5) is 14.3. The molecular weight excluding hydrogens is 271 g/mol. The molecule has 2 aliphatic rings. The maximum absolute atomic E-state index is 14.8. The second-order valence-electron chi connectivity index (χ2n) is 6.19. The average Bonchev–Trinajstić information content (AvgIpc) is 2.79. The Labute approximate surface area is 124 Å². The molecule has 0 bridgehead atoms. The number of likely N-dealkylation sites (tertiary alicyclic amines) is 1. The summed E-state index contributed by atoms with van der Waals surface area (Å²) in [5.74, 6) is -0.587. The lowest BCUT2D eigenvalue weighted by atomic mass is 9.92. The van der Waals surface area contributed by atoms with Crippen LogP contribution in [0.1, 0.15) is 30.0 Å². The number of piperidine rings is 1. The van der Waals surface area contributed by atoms with E-state index < -0.39 is 23.7 Å². The predicted octanol–water partition coefficient (Wildman–Crippen LogP) is 1.19. The van der Waals surface area contributed by atoms with Gasteiger partial charge in [0.15, 0.2) is 5.67 Å². The molecule has 1 amide bonds. The zero-order chi connectivity index (χ0) is 15.0. The molecule has 1 aliphatic carbocycles. The average molecular weight is 292 g/mol. The number of carbonyl (C=O) groups is 1. The van der Waals surface area contributed by atoms with E-state index in [1.807, 2.05) is 36.2 Å². The maximum atomic E-state index is 14.8. The monoisotopic (exact) mass is 292 g/mol. The number of nitrogens with one attached hydrogen (secondary N) is 1. The van der Waals surface area contributed by atoms with Gasteiger partial charge in [0.05, 0.1) is 12.1 Å². The molecule has 0 radical (unpaired) electrons. The van der Waals surface area contributed by atoms with Crippen LogP contribution in [0.5, 0.6) is 0 Å². The van der Waals surface area contributed by atoms with Crippen LogP contribution in [0.4, 0.5) is 4.39 Å². The van der Waals surface area contributed by atoms with E-state index in [1.54, 1.807) is 0 Å². The molecule has 1 aromatic carbocycles. The minimum absolute atomic E-state index is 0.208. The van der Waals surface area contributed by atoms with Crippen LogP contribution in [-0.4, -0.2) is 47.8 Å². The van der Waals surface area contributed by atoms with E-state index in [2.05, 4.69) is 5.32 Å². The van der Waals surface area contributed by atoms with Crippen molar-refractivity contribution in [1.82, 2.24) is 10.2 Å². The molecule has 0 spiro atoms. The Kier molecular flexibility index (Phi) is 3.71. The quantitative estimate of drug-likeness (QED) is 0.861. The number of halogens is 1. The topological polar surface area (TPSA) is 52.6 Å². The van der Waals surface area contributed by atoms with E-state index >= 15 is 0 Å². The Hall–Kier alpha value is -1.46. The van der Waals surface area contributed by atoms with Crippen molar-refractivity contribution in [3.05, 3.63) is 35.4 Å². The Morgan fingerprint density at radius 3 is 2.76 bits per heavy atom. The Morgan fingerprint density at radius 2 is 2.05 bits per heavy atom. The first-order valence-electron chi connectivity index (χ1n) is 7.44. The summed E-state index contributed by atoms with van der Waals surface area (Å²) in [5.41, 5.74) is 0.102. The number of hydrogen-bond acceptors (Lipinski definition) is 3. The zero-order valence-electron chi connectivity index (χ0n) is 12.2. The summed E-state index contributed by atoms with van der Waals surface area (Å²) in [7, 11) is 1.93. The number of benzene rings is 1. The van der Waals surface area contributed by atoms with Crippen molar-refractivity contribution < 1.29 is 14.3 Å². The highest BCUT2D eigenvalue weighted by atomic mass is 19.1. The SMILES string of the molecule is CN1CCC(F)(C(=O)N[C@H]2c3ccccc3C[C@H]2O)CC1. The van der Waals surface area contributed by atoms with Crippen LogP contribution < -0.4 is 5.32 Å². The highest BCUT2D eigenvalue weighted by Gasteiger charge is 2.43. The number of fused-ring (bicyclic) bond motifs is 1. The summed E-state index contributed by atoms with van der Waals surface area (Å²) in [5, 5.41) is 12.9. The summed E-state index contributed by atoms with van der Waals surface area (Å²) in [6, 6.07) is 7.10. The fraction of sp³-hybridized carbons (Fsp3) is 0.562. The van der Waals surface area contributed by atoms with Gasteiger partial charge in [0.2, 0.25) is 0 Å². The first-order valence-corrected chi connectivity index (χ1v) is 7.44. The van der Waals surface area contributed by atoms with E-state index in [0.717, 1.165) is 11.1 Å². The number of carbonyl (C=O) groups excluding carboxylic acids is 1. The molecule has 0 unspecified atom stereocenters. The molecule has 3 rings (SSSR count). The highest BCUT2D eigenvalue weighted by Crippen LogP contribution is 2.33. The van der Waals surface area contributed by atoms with Crippen molar-refractivity contribution in [2.45, 2.75) is 37.1 Å². The van der Waals surface area contributed by atoms with Crippen molar-refractivity contribution >= 4 is 5.91 Å². The minimum atomic E-state index is -1.82. The lowest BCUT2D eigenvalue weighted by molar-refractivity contribution is -0.137. The van der Waals surface area contributed by atoms with Crippen LogP contribution in [0.2, 0.25) is 0 Å². The highest BCUT2D eigenvalue weighted by molar-refractivity contribution is 5.85. The van der Waals surface area contributed by atoms with Crippen LogP contribution in [0.25, 0.3) is 0 Å². The minimum Gasteiger partial charge on any atom is -0.390 e. The van der Waals surface area contributed by atoms with E-state index in [-0.39, 0.29) is 12.8 Å². The van der Waals surface area contributed by atoms with Gasteiger partial charge in [0, 0.05) is 32.4 Å². The summed E-state index contributed by atoms with van der Waals surface area (Å²) in [6.07, 6.45) is 0.240.